The standard InChI is InChI=1S/C24H20N2O5S/c1-16-9-12-20(13-10-16)32(30,31)25-23(18-6-4-7-19(15-18)26(28)29)22-14-11-17-5-2-3-8-21(17)24(22)27/h2-15,23,25,27H,1H3/t23-/m1/s1. The van der Waals surface area contributed by atoms with Gasteiger partial charge in [0.1, 0.15) is 5.75 Å². The third-order valence-electron chi connectivity index (χ3n) is 5.26. The third kappa shape index (κ3) is 4.18. The number of aryl methyl sites for hydroxylation is 1. The maximum atomic E-state index is 13.2. The summed E-state index contributed by atoms with van der Waals surface area (Å²) >= 11 is 0. The van der Waals surface area contributed by atoms with E-state index < -0.39 is 21.0 Å². The normalized spacial score (nSPS) is 12.5. The molecular weight excluding hydrogens is 428 g/mol. The molecule has 2 N–H and O–H groups in total. The fourth-order valence-corrected chi connectivity index (χ4v) is 4.78. The zero-order valence-corrected chi connectivity index (χ0v) is 17.9. The SMILES string of the molecule is Cc1ccc(S(=O)(=O)N[C@H](c2cccc([N+](=O)[O-])c2)c2ccc3ccccc3c2O)cc1. The lowest BCUT2D eigenvalue weighted by Crippen LogP contribution is -2.29. The maximum absolute atomic E-state index is 13.2. The molecule has 4 aromatic rings. The minimum atomic E-state index is -4.01. The van der Waals surface area contributed by atoms with E-state index in [1.54, 1.807) is 42.5 Å². The van der Waals surface area contributed by atoms with Crippen molar-refractivity contribution in [3.05, 3.63) is 112 Å². The van der Waals surface area contributed by atoms with Gasteiger partial charge in [-0.15, -0.1) is 0 Å². The maximum Gasteiger partial charge on any atom is 0.269 e. The number of phenolic OH excluding ortho intramolecular Hbond substituents is 1. The molecule has 7 nitrogen and oxygen atoms in total. The fourth-order valence-electron chi connectivity index (χ4n) is 3.57. The molecule has 0 amide bonds. The fraction of sp³-hybridized carbons (Fsp3) is 0.0833. The predicted molar refractivity (Wildman–Crippen MR) is 122 cm³/mol. The lowest BCUT2D eigenvalue weighted by Gasteiger charge is -2.21. The Morgan fingerprint density at radius 3 is 2.38 bits per heavy atom. The molecule has 1 atom stereocenters. The number of phenols is 1. The largest absolute Gasteiger partial charge is 0.507 e. The molecule has 0 radical (unpaired) electrons. The van der Waals surface area contributed by atoms with E-state index in [1.807, 2.05) is 19.1 Å². The molecule has 0 aliphatic rings. The molecule has 0 saturated carbocycles. The van der Waals surface area contributed by atoms with Gasteiger partial charge in [0, 0.05) is 23.1 Å². The number of hydrogen-bond acceptors (Lipinski definition) is 5. The van der Waals surface area contributed by atoms with Crippen LogP contribution >= 0.6 is 0 Å². The van der Waals surface area contributed by atoms with Gasteiger partial charge in [0.2, 0.25) is 10.0 Å². The third-order valence-corrected chi connectivity index (χ3v) is 6.70. The number of nitrogens with one attached hydrogen (secondary N) is 1. The molecule has 8 heteroatoms. The molecule has 162 valence electrons. The van der Waals surface area contributed by atoms with Crippen molar-refractivity contribution in [2.75, 3.05) is 0 Å². The van der Waals surface area contributed by atoms with Gasteiger partial charge in [-0.1, -0.05) is 66.2 Å². The highest BCUT2D eigenvalue weighted by atomic mass is 32.2. The highest BCUT2D eigenvalue weighted by Crippen LogP contribution is 2.37. The van der Waals surface area contributed by atoms with Crippen molar-refractivity contribution in [1.82, 2.24) is 4.72 Å². The summed E-state index contributed by atoms with van der Waals surface area (Å²) < 4.78 is 29.0. The minimum absolute atomic E-state index is 0.0545. The van der Waals surface area contributed by atoms with Crippen LogP contribution in [0.5, 0.6) is 5.75 Å². The summed E-state index contributed by atoms with van der Waals surface area (Å²) in [5.41, 5.74) is 1.36. The van der Waals surface area contributed by atoms with E-state index in [1.165, 1.54) is 30.3 Å². The van der Waals surface area contributed by atoms with Crippen molar-refractivity contribution in [2.45, 2.75) is 17.9 Å². The Morgan fingerprint density at radius 2 is 1.66 bits per heavy atom. The first-order chi connectivity index (χ1) is 15.3. The molecule has 0 aromatic heterocycles. The van der Waals surface area contributed by atoms with Crippen LogP contribution in [0.4, 0.5) is 5.69 Å². The van der Waals surface area contributed by atoms with E-state index >= 15 is 0 Å². The number of hydrogen-bond donors (Lipinski definition) is 2. The molecule has 0 unspecified atom stereocenters. The summed E-state index contributed by atoms with van der Waals surface area (Å²) in [6.45, 7) is 1.85. The number of sulfonamides is 1. The van der Waals surface area contributed by atoms with E-state index in [2.05, 4.69) is 4.72 Å². The Labute approximate surface area is 185 Å². The molecule has 0 fully saturated rings. The van der Waals surface area contributed by atoms with Crippen LogP contribution in [0.15, 0.2) is 89.8 Å². The molecule has 0 aliphatic heterocycles. The molecule has 0 bridgehead atoms. The summed E-state index contributed by atoms with van der Waals surface area (Å²) in [6, 6.07) is 21.6. The average molecular weight is 449 g/mol. The van der Waals surface area contributed by atoms with Crippen molar-refractivity contribution in [3.63, 3.8) is 0 Å². The molecule has 0 aliphatic carbocycles. The van der Waals surface area contributed by atoms with Crippen molar-refractivity contribution >= 4 is 26.5 Å². The zero-order chi connectivity index (χ0) is 22.9. The molecule has 0 spiro atoms. The zero-order valence-electron chi connectivity index (χ0n) is 17.1. The molecular formula is C24H20N2O5S. The number of aromatic hydroxyl groups is 1. The number of benzene rings is 4. The smallest absolute Gasteiger partial charge is 0.269 e. The molecule has 0 heterocycles. The number of nitro groups is 1. The highest BCUT2D eigenvalue weighted by Gasteiger charge is 2.27. The quantitative estimate of drug-likeness (QED) is 0.324. The van der Waals surface area contributed by atoms with Crippen LogP contribution in [0.25, 0.3) is 10.8 Å². The van der Waals surface area contributed by atoms with E-state index in [0.29, 0.717) is 16.5 Å². The molecule has 0 saturated heterocycles. The predicted octanol–water partition coefficient (Wildman–Crippen LogP) is 4.83. The Hall–Kier alpha value is -3.75. The van der Waals surface area contributed by atoms with Crippen LogP contribution < -0.4 is 4.72 Å². The van der Waals surface area contributed by atoms with Crippen LogP contribution in [-0.4, -0.2) is 18.4 Å². The summed E-state index contributed by atoms with van der Waals surface area (Å²) in [6.07, 6.45) is 0. The molecule has 32 heavy (non-hydrogen) atoms. The Bertz CT molecular complexity index is 1420. The van der Waals surface area contributed by atoms with Gasteiger partial charge in [0.05, 0.1) is 15.9 Å². The van der Waals surface area contributed by atoms with Crippen molar-refractivity contribution in [1.29, 1.82) is 0 Å². The number of rotatable bonds is 6. The van der Waals surface area contributed by atoms with Crippen molar-refractivity contribution in [3.8, 4) is 5.75 Å². The second kappa shape index (κ2) is 8.41. The summed E-state index contributed by atoms with van der Waals surface area (Å²) in [5.74, 6) is -0.0915. The second-order valence-electron chi connectivity index (χ2n) is 7.44. The number of nitrogens with zero attached hydrogens (tertiary/aromatic N) is 1. The van der Waals surface area contributed by atoms with Gasteiger partial charge in [-0.05, 0) is 30.0 Å². The molecule has 4 aromatic carbocycles. The average Bonchev–Trinajstić information content (AvgIpc) is 2.78. The molecule has 4 rings (SSSR count). The monoisotopic (exact) mass is 448 g/mol. The first-order valence-corrected chi connectivity index (χ1v) is 11.3. The van der Waals surface area contributed by atoms with Gasteiger partial charge >= 0.3 is 0 Å². The van der Waals surface area contributed by atoms with E-state index in [-0.39, 0.29) is 16.3 Å². The van der Waals surface area contributed by atoms with E-state index in [0.717, 1.165) is 10.9 Å². The van der Waals surface area contributed by atoms with Gasteiger partial charge in [0.25, 0.3) is 5.69 Å². The number of fused-ring (bicyclic) bond motifs is 1. The van der Waals surface area contributed by atoms with Crippen LogP contribution in [-0.2, 0) is 10.0 Å². The summed E-state index contributed by atoms with van der Waals surface area (Å²) in [5, 5.41) is 23.6. The summed E-state index contributed by atoms with van der Waals surface area (Å²) in [7, 11) is -4.01. The topological polar surface area (TPSA) is 110 Å². The summed E-state index contributed by atoms with van der Waals surface area (Å²) in [4.78, 5) is 10.8. The first-order valence-electron chi connectivity index (χ1n) is 9.80. The van der Waals surface area contributed by atoms with Crippen LogP contribution in [0.1, 0.15) is 22.7 Å². The Morgan fingerprint density at radius 1 is 0.938 bits per heavy atom. The van der Waals surface area contributed by atoms with Crippen molar-refractivity contribution in [2.24, 2.45) is 0 Å². The highest BCUT2D eigenvalue weighted by molar-refractivity contribution is 7.89. The Balaban J connectivity index is 1.88. The Kier molecular flexibility index (Phi) is 5.65. The van der Waals surface area contributed by atoms with Crippen LogP contribution in [0, 0.1) is 17.0 Å². The van der Waals surface area contributed by atoms with Crippen LogP contribution in [0.2, 0.25) is 0 Å². The van der Waals surface area contributed by atoms with Gasteiger partial charge in [-0.25, -0.2) is 8.42 Å². The minimum Gasteiger partial charge on any atom is -0.507 e. The lowest BCUT2D eigenvalue weighted by molar-refractivity contribution is -0.384. The van der Waals surface area contributed by atoms with E-state index in [4.69, 9.17) is 0 Å². The van der Waals surface area contributed by atoms with Gasteiger partial charge in [-0.2, -0.15) is 4.72 Å². The van der Waals surface area contributed by atoms with Crippen LogP contribution in [0.3, 0.4) is 0 Å². The van der Waals surface area contributed by atoms with Gasteiger partial charge in [0.15, 0.2) is 0 Å². The van der Waals surface area contributed by atoms with Gasteiger partial charge < -0.3 is 5.11 Å². The second-order valence-corrected chi connectivity index (χ2v) is 9.16. The van der Waals surface area contributed by atoms with Gasteiger partial charge in [-0.3, -0.25) is 10.1 Å². The number of non-ortho nitro benzene ring substituents is 1. The lowest BCUT2D eigenvalue weighted by atomic mass is 9.95. The number of nitro benzene ring substituents is 1. The first kappa shape index (κ1) is 21.5. The van der Waals surface area contributed by atoms with Crippen molar-refractivity contribution < 1.29 is 18.4 Å². The van der Waals surface area contributed by atoms with E-state index in [9.17, 15) is 23.6 Å².